The van der Waals surface area contributed by atoms with Crippen LogP contribution < -0.4 is 0 Å². The molecule has 1 amide bonds. The number of piperidine rings is 1. The van der Waals surface area contributed by atoms with Crippen LogP contribution in [0.25, 0.3) is 11.3 Å². The van der Waals surface area contributed by atoms with Crippen molar-refractivity contribution in [3.05, 3.63) is 102 Å². The van der Waals surface area contributed by atoms with E-state index in [2.05, 4.69) is 10.1 Å². The van der Waals surface area contributed by atoms with Crippen LogP contribution in [0.2, 0.25) is 0 Å². The molecule has 1 atom stereocenters. The van der Waals surface area contributed by atoms with Crippen LogP contribution >= 0.6 is 0 Å². The van der Waals surface area contributed by atoms with Gasteiger partial charge in [-0.15, -0.1) is 0 Å². The van der Waals surface area contributed by atoms with Gasteiger partial charge in [-0.3, -0.25) is 19.4 Å². The van der Waals surface area contributed by atoms with E-state index in [4.69, 9.17) is 4.98 Å². The number of likely N-dealkylation sites (tertiary alicyclic amines) is 1. The molecule has 1 aliphatic heterocycles. The normalized spacial score (nSPS) is 15.9. The van der Waals surface area contributed by atoms with Gasteiger partial charge < -0.3 is 4.90 Å². The molecule has 1 aromatic carbocycles. The predicted octanol–water partition coefficient (Wildman–Crippen LogP) is 4.63. The molecule has 7 heteroatoms. The maximum atomic E-state index is 13.2. The number of carbonyl (C=O) groups is 1. The molecule has 4 aromatic rings. The van der Waals surface area contributed by atoms with Crippen LogP contribution in [0.1, 0.15) is 46.1 Å². The lowest BCUT2D eigenvalue weighted by molar-refractivity contribution is 0.0705. The molecular weight excluding hydrogens is 429 g/mol. The van der Waals surface area contributed by atoms with Crippen molar-refractivity contribution >= 4 is 5.91 Å². The molecule has 0 aliphatic carbocycles. The lowest BCUT2D eigenvalue weighted by atomic mass is 9.93. The lowest BCUT2D eigenvalue weighted by Gasteiger charge is -2.32. The van der Waals surface area contributed by atoms with E-state index in [1.165, 1.54) is 12.1 Å². The number of hydrogen-bond donors (Lipinski definition) is 0. The Bertz CT molecular complexity index is 1280. The van der Waals surface area contributed by atoms with E-state index in [-0.39, 0.29) is 17.6 Å². The van der Waals surface area contributed by atoms with E-state index >= 15 is 0 Å². The molecule has 5 rings (SSSR count). The average molecular weight is 456 g/mol. The van der Waals surface area contributed by atoms with Gasteiger partial charge in [0.1, 0.15) is 5.82 Å². The van der Waals surface area contributed by atoms with Gasteiger partial charge >= 0.3 is 0 Å². The number of aryl methyl sites for hydroxylation is 1. The van der Waals surface area contributed by atoms with Crippen LogP contribution in [-0.2, 0) is 13.5 Å². The molecule has 4 heterocycles. The molecule has 172 valence electrons. The van der Waals surface area contributed by atoms with Crippen LogP contribution in [-0.4, -0.2) is 43.6 Å². The standard InChI is InChI=1S/C27H26FN5O/c1-32-17-22(16-30-32)25-12-9-20(15-29-25)27(34)33-13-3-4-21(18-33)26-6-2-5-24(31-26)14-19-7-10-23(28)11-8-19/h2,5-12,15-17,21H,3-4,13-14,18H2,1H3/t21-/m0/s1. The summed E-state index contributed by atoms with van der Waals surface area (Å²) >= 11 is 0. The zero-order valence-electron chi connectivity index (χ0n) is 19.1. The first-order chi connectivity index (χ1) is 16.5. The molecule has 1 aliphatic rings. The van der Waals surface area contributed by atoms with Crippen molar-refractivity contribution in [2.45, 2.75) is 25.2 Å². The largest absolute Gasteiger partial charge is 0.338 e. The zero-order valence-corrected chi connectivity index (χ0v) is 19.1. The van der Waals surface area contributed by atoms with E-state index in [0.29, 0.717) is 18.5 Å². The summed E-state index contributed by atoms with van der Waals surface area (Å²) in [5, 5.41) is 4.17. The molecule has 1 saturated heterocycles. The van der Waals surface area contributed by atoms with Gasteiger partial charge in [-0.1, -0.05) is 18.2 Å². The number of rotatable bonds is 5. The molecule has 0 spiro atoms. The fraction of sp³-hybridized carbons (Fsp3) is 0.259. The smallest absolute Gasteiger partial charge is 0.255 e. The van der Waals surface area contributed by atoms with Gasteiger partial charge in [-0.2, -0.15) is 5.10 Å². The summed E-state index contributed by atoms with van der Waals surface area (Å²) in [7, 11) is 1.86. The Balaban J connectivity index is 1.27. The van der Waals surface area contributed by atoms with Crippen molar-refractivity contribution in [2.75, 3.05) is 13.1 Å². The number of amides is 1. The summed E-state index contributed by atoms with van der Waals surface area (Å²) in [6.07, 6.45) is 7.89. The fourth-order valence-corrected chi connectivity index (χ4v) is 4.47. The Labute approximate surface area is 198 Å². The van der Waals surface area contributed by atoms with E-state index in [0.717, 1.165) is 47.6 Å². The van der Waals surface area contributed by atoms with E-state index in [1.54, 1.807) is 29.2 Å². The molecular formula is C27H26FN5O. The van der Waals surface area contributed by atoms with Gasteiger partial charge in [0.2, 0.25) is 0 Å². The van der Waals surface area contributed by atoms with Gasteiger partial charge in [0.05, 0.1) is 17.5 Å². The second-order valence-corrected chi connectivity index (χ2v) is 8.78. The number of hydrogen-bond acceptors (Lipinski definition) is 4. The molecule has 0 N–H and O–H groups in total. The van der Waals surface area contributed by atoms with Gasteiger partial charge in [0.15, 0.2) is 0 Å². The highest BCUT2D eigenvalue weighted by molar-refractivity contribution is 5.94. The Hall–Kier alpha value is -3.87. The van der Waals surface area contributed by atoms with Crippen molar-refractivity contribution < 1.29 is 9.18 Å². The highest BCUT2D eigenvalue weighted by atomic mass is 19.1. The highest BCUT2D eigenvalue weighted by Crippen LogP contribution is 2.27. The van der Waals surface area contributed by atoms with Crippen LogP contribution in [0.3, 0.4) is 0 Å². The number of aromatic nitrogens is 4. The first-order valence-electron chi connectivity index (χ1n) is 11.5. The lowest BCUT2D eigenvalue weighted by Crippen LogP contribution is -2.39. The number of carbonyl (C=O) groups excluding carboxylic acids is 1. The first kappa shape index (κ1) is 21.9. The summed E-state index contributed by atoms with van der Waals surface area (Å²) in [6, 6.07) is 16.3. The Morgan fingerprint density at radius 2 is 1.94 bits per heavy atom. The topological polar surface area (TPSA) is 63.9 Å². The maximum absolute atomic E-state index is 13.2. The van der Waals surface area contributed by atoms with Crippen LogP contribution in [0, 0.1) is 5.82 Å². The van der Waals surface area contributed by atoms with Gasteiger partial charge in [0.25, 0.3) is 5.91 Å². The number of pyridine rings is 2. The summed E-state index contributed by atoms with van der Waals surface area (Å²) in [4.78, 5) is 24.4. The third kappa shape index (κ3) is 4.88. The number of halogens is 1. The van der Waals surface area contributed by atoms with Gasteiger partial charge in [-0.05, 0) is 54.8 Å². The van der Waals surface area contributed by atoms with Crippen LogP contribution in [0.4, 0.5) is 4.39 Å². The number of nitrogens with zero attached hydrogens (tertiary/aromatic N) is 5. The molecule has 3 aromatic heterocycles. The minimum Gasteiger partial charge on any atom is -0.338 e. The van der Waals surface area contributed by atoms with Gasteiger partial charge in [-0.25, -0.2) is 4.39 Å². The SMILES string of the molecule is Cn1cc(-c2ccc(C(=O)N3CCC[C@H](c4cccc(Cc5ccc(F)cc5)n4)C3)cn2)cn1. The van der Waals surface area contributed by atoms with Crippen LogP contribution in [0.15, 0.2) is 73.2 Å². The number of benzene rings is 1. The van der Waals surface area contributed by atoms with Crippen molar-refractivity contribution in [3.63, 3.8) is 0 Å². The van der Waals surface area contributed by atoms with Gasteiger partial charge in [0, 0.05) is 61.8 Å². The molecule has 0 radical (unpaired) electrons. The fourth-order valence-electron chi connectivity index (χ4n) is 4.47. The Morgan fingerprint density at radius 3 is 2.68 bits per heavy atom. The summed E-state index contributed by atoms with van der Waals surface area (Å²) in [5.41, 5.74) is 5.28. The third-order valence-electron chi connectivity index (χ3n) is 6.26. The molecule has 34 heavy (non-hydrogen) atoms. The molecule has 0 bridgehead atoms. The molecule has 1 fully saturated rings. The predicted molar refractivity (Wildman–Crippen MR) is 128 cm³/mol. The molecule has 0 unspecified atom stereocenters. The maximum Gasteiger partial charge on any atom is 0.255 e. The zero-order chi connectivity index (χ0) is 23.5. The minimum absolute atomic E-state index is 0.00240. The summed E-state index contributed by atoms with van der Waals surface area (Å²) in [6.45, 7) is 1.37. The Morgan fingerprint density at radius 1 is 1.09 bits per heavy atom. The van der Waals surface area contributed by atoms with Crippen molar-refractivity contribution in [3.8, 4) is 11.3 Å². The molecule has 0 saturated carbocycles. The van der Waals surface area contributed by atoms with Crippen molar-refractivity contribution in [1.29, 1.82) is 0 Å². The Kier molecular flexibility index (Phi) is 6.16. The second kappa shape index (κ2) is 9.55. The van der Waals surface area contributed by atoms with Crippen LogP contribution in [0.5, 0.6) is 0 Å². The monoisotopic (exact) mass is 455 g/mol. The van der Waals surface area contributed by atoms with Crippen molar-refractivity contribution in [1.82, 2.24) is 24.6 Å². The summed E-state index contributed by atoms with van der Waals surface area (Å²) in [5.74, 6) is -0.0507. The highest BCUT2D eigenvalue weighted by Gasteiger charge is 2.26. The van der Waals surface area contributed by atoms with E-state index < -0.39 is 0 Å². The van der Waals surface area contributed by atoms with E-state index in [1.807, 2.05) is 48.5 Å². The van der Waals surface area contributed by atoms with E-state index in [9.17, 15) is 9.18 Å². The molecule has 6 nitrogen and oxygen atoms in total. The first-order valence-corrected chi connectivity index (χ1v) is 11.5. The quantitative estimate of drug-likeness (QED) is 0.440. The minimum atomic E-state index is -0.237. The second-order valence-electron chi connectivity index (χ2n) is 8.78. The average Bonchev–Trinajstić information content (AvgIpc) is 3.31. The third-order valence-corrected chi connectivity index (χ3v) is 6.26. The summed E-state index contributed by atoms with van der Waals surface area (Å²) < 4.78 is 14.9. The van der Waals surface area contributed by atoms with Crippen molar-refractivity contribution in [2.24, 2.45) is 7.05 Å².